The number of hydrogen-bond donors (Lipinski definition) is 3. The van der Waals surface area contributed by atoms with Crippen molar-refractivity contribution in [1.82, 2.24) is 0 Å². The van der Waals surface area contributed by atoms with Crippen LogP contribution in [-0.4, -0.2) is 24.6 Å². The number of nitrogens with one attached hydrogen (secondary N) is 3. The van der Waals surface area contributed by atoms with Crippen molar-refractivity contribution in [1.29, 1.82) is 0 Å². The van der Waals surface area contributed by atoms with Gasteiger partial charge in [-0.05, 0) is 42.4 Å². The van der Waals surface area contributed by atoms with Gasteiger partial charge in [-0.3, -0.25) is 14.6 Å². The molecule has 0 fully saturated rings. The summed E-state index contributed by atoms with van der Waals surface area (Å²) in [6.45, 7) is 3.45. The van der Waals surface area contributed by atoms with E-state index >= 15 is 0 Å². The van der Waals surface area contributed by atoms with Gasteiger partial charge in [0.2, 0.25) is 0 Å². The summed E-state index contributed by atoms with van der Waals surface area (Å²) in [5.74, 6) is -0.357. The molecule has 7 nitrogen and oxygen atoms in total. The molecule has 3 rings (SSSR count). The second-order valence-electron chi connectivity index (χ2n) is 6.22. The maximum Gasteiger partial charge on any atom is 1.00 e. The number of carbonyl (C=O) groups is 2. The van der Waals surface area contributed by atoms with Crippen molar-refractivity contribution in [3.63, 3.8) is 0 Å². The fourth-order valence-corrected chi connectivity index (χ4v) is 3.44. The summed E-state index contributed by atoms with van der Waals surface area (Å²) < 4.78 is 0. The molecule has 0 radical (unpaired) electrons. The number of anilines is 2. The number of benzene rings is 1. The van der Waals surface area contributed by atoms with E-state index in [1.807, 2.05) is 22.9 Å². The van der Waals surface area contributed by atoms with Gasteiger partial charge >= 0.3 is 18.9 Å². The number of thiophene rings is 2. The summed E-state index contributed by atoms with van der Waals surface area (Å²) in [5, 5.41) is 9.25. The van der Waals surface area contributed by atoms with E-state index in [2.05, 4.69) is 21.7 Å². The number of hydrogen-bond acceptors (Lipinski definition) is 6. The van der Waals surface area contributed by atoms with Crippen LogP contribution in [0.1, 0.15) is 33.2 Å². The molecule has 0 aliphatic heterocycles. The summed E-state index contributed by atoms with van der Waals surface area (Å²) in [6.07, 6.45) is 0. The molecule has 0 saturated carbocycles. The SMILES string of the molecule is CN=C(C)/C([NH-])=C(/C)N.O=C(Nc1[c-]ccc(NC(=O)c2cccs2)c1)c1cccs1.[Li+]. The maximum atomic E-state index is 12.0. The van der Waals surface area contributed by atoms with Crippen molar-refractivity contribution in [3.8, 4) is 0 Å². The predicted octanol–water partition coefficient (Wildman–Crippen LogP) is 2.44. The standard InChI is InChI=1S/C16H11N2O2S2.C6H12N3.Li/c19-15(13-6-2-8-21-13)17-11-4-1-5-12(10-11)18-16(20)14-7-3-9-22-14;1-4(7)6(8)5(2)9-3;/h1-4,6-10H,(H,17,19)(H,18,20);8H,7H2,1-3H3;/q2*-1;+1/b;6-4+,9-5?;. The second kappa shape index (κ2) is 13.6. The average molecular weight is 461 g/mol. The van der Waals surface area contributed by atoms with Crippen LogP contribution in [0.25, 0.3) is 5.73 Å². The summed E-state index contributed by atoms with van der Waals surface area (Å²) in [4.78, 5) is 29.1. The minimum atomic E-state index is -0.187. The maximum absolute atomic E-state index is 12.0. The summed E-state index contributed by atoms with van der Waals surface area (Å²) >= 11 is 2.74. The van der Waals surface area contributed by atoms with Crippen LogP contribution in [-0.2, 0) is 0 Å². The van der Waals surface area contributed by atoms with Crippen LogP contribution in [0.2, 0.25) is 0 Å². The third-order valence-corrected chi connectivity index (χ3v) is 5.63. The number of allylic oxidation sites excluding steroid dienone is 2. The van der Waals surface area contributed by atoms with Gasteiger partial charge in [-0.1, -0.05) is 23.5 Å². The number of carbonyl (C=O) groups excluding carboxylic acids is 2. The first-order chi connectivity index (χ1) is 14.8. The van der Waals surface area contributed by atoms with Crippen molar-refractivity contribution in [2.75, 3.05) is 17.7 Å². The van der Waals surface area contributed by atoms with Gasteiger partial charge < -0.3 is 22.1 Å². The van der Waals surface area contributed by atoms with Crippen LogP contribution >= 0.6 is 22.7 Å². The van der Waals surface area contributed by atoms with Gasteiger partial charge in [0, 0.05) is 12.8 Å². The zero-order valence-corrected chi connectivity index (χ0v) is 20.0. The largest absolute Gasteiger partial charge is 1.00 e. The number of amides is 2. The first-order valence-electron chi connectivity index (χ1n) is 9.15. The van der Waals surface area contributed by atoms with Crippen molar-refractivity contribution in [2.24, 2.45) is 10.7 Å². The van der Waals surface area contributed by atoms with Crippen LogP contribution in [0.4, 0.5) is 11.4 Å². The molecule has 0 aliphatic rings. The quantitative estimate of drug-likeness (QED) is 0.308. The van der Waals surface area contributed by atoms with Crippen molar-refractivity contribution in [3.05, 3.63) is 86.2 Å². The second-order valence-corrected chi connectivity index (χ2v) is 8.12. The first kappa shape index (κ1) is 27.2. The zero-order valence-electron chi connectivity index (χ0n) is 18.4. The van der Waals surface area contributed by atoms with Crippen molar-refractivity contribution in [2.45, 2.75) is 13.8 Å². The number of nitrogens with two attached hydrogens (primary N) is 1. The topological polar surface area (TPSA) is 120 Å². The molecule has 0 saturated heterocycles. The Morgan fingerprint density at radius 3 is 2.03 bits per heavy atom. The van der Waals surface area contributed by atoms with Crippen molar-refractivity contribution >= 4 is 51.6 Å². The molecule has 2 aromatic heterocycles. The normalized spacial score (nSPS) is 11.3. The van der Waals surface area contributed by atoms with Gasteiger partial charge in [0.25, 0.3) is 11.8 Å². The molecule has 162 valence electrons. The molecule has 2 amide bonds. The number of rotatable bonds is 5. The van der Waals surface area contributed by atoms with Gasteiger partial charge in [-0.25, -0.2) is 0 Å². The molecular weight excluding hydrogens is 437 g/mol. The summed E-state index contributed by atoms with van der Waals surface area (Å²) in [7, 11) is 1.65. The van der Waals surface area contributed by atoms with E-state index in [1.165, 1.54) is 22.7 Å². The van der Waals surface area contributed by atoms with E-state index < -0.39 is 0 Å². The summed E-state index contributed by atoms with van der Waals surface area (Å²) in [5.41, 5.74) is 15.2. The first-order valence-corrected chi connectivity index (χ1v) is 10.9. The zero-order chi connectivity index (χ0) is 22.8. The molecule has 0 aliphatic carbocycles. The van der Waals surface area contributed by atoms with E-state index in [-0.39, 0.29) is 30.7 Å². The molecule has 0 unspecified atom stereocenters. The molecule has 2 heterocycles. The van der Waals surface area contributed by atoms with Gasteiger partial charge in [0.05, 0.1) is 9.75 Å². The molecule has 0 atom stereocenters. The Bertz CT molecular complexity index is 1010. The molecule has 3 aromatic rings. The van der Waals surface area contributed by atoms with Crippen molar-refractivity contribution < 1.29 is 28.4 Å². The van der Waals surface area contributed by atoms with E-state index in [1.54, 1.807) is 51.2 Å². The Morgan fingerprint density at radius 2 is 1.59 bits per heavy atom. The number of aliphatic imine (C=N–C) groups is 1. The smallest absolute Gasteiger partial charge is 0.696 e. The van der Waals surface area contributed by atoms with Crippen LogP contribution in [0.15, 0.2) is 69.6 Å². The Kier molecular flexibility index (Phi) is 11.5. The van der Waals surface area contributed by atoms with Crippen LogP contribution < -0.4 is 35.2 Å². The van der Waals surface area contributed by atoms with Gasteiger partial charge in [0.1, 0.15) is 0 Å². The van der Waals surface area contributed by atoms with E-state index in [4.69, 9.17) is 11.5 Å². The molecule has 0 spiro atoms. The fourth-order valence-electron chi connectivity index (χ4n) is 2.21. The average Bonchev–Trinajstić information content (AvgIpc) is 3.47. The minimum absolute atomic E-state index is 0. The van der Waals surface area contributed by atoms with Crippen LogP contribution in [0.3, 0.4) is 0 Å². The molecule has 5 N–H and O–H groups in total. The molecule has 0 bridgehead atoms. The molecular formula is C22H23LiN5O2S2-. The van der Waals surface area contributed by atoms with E-state index in [0.29, 0.717) is 38.2 Å². The van der Waals surface area contributed by atoms with Crippen LogP contribution in [0, 0.1) is 6.07 Å². The minimum Gasteiger partial charge on any atom is -0.696 e. The molecule has 32 heavy (non-hydrogen) atoms. The summed E-state index contributed by atoms with van der Waals surface area (Å²) in [6, 6.07) is 15.2. The fraction of sp³-hybridized carbons (Fsp3) is 0.136. The van der Waals surface area contributed by atoms with Gasteiger partial charge in [-0.15, -0.1) is 40.5 Å². The van der Waals surface area contributed by atoms with Gasteiger partial charge in [0.15, 0.2) is 0 Å². The van der Waals surface area contributed by atoms with E-state index in [0.717, 1.165) is 0 Å². The number of nitrogens with zero attached hydrogens (tertiary/aromatic N) is 1. The molecule has 10 heteroatoms. The Morgan fingerprint density at radius 1 is 1.03 bits per heavy atom. The van der Waals surface area contributed by atoms with Gasteiger partial charge in [-0.2, -0.15) is 12.1 Å². The third-order valence-electron chi connectivity index (χ3n) is 3.89. The Balaban J connectivity index is 0.000000440. The Labute approximate surface area is 207 Å². The predicted molar refractivity (Wildman–Crippen MR) is 130 cm³/mol. The third kappa shape index (κ3) is 8.36. The monoisotopic (exact) mass is 460 g/mol. The Hall–Kier alpha value is -2.83. The van der Waals surface area contributed by atoms with E-state index in [9.17, 15) is 9.59 Å². The van der Waals surface area contributed by atoms with Crippen LogP contribution in [0.5, 0.6) is 0 Å². The molecule has 1 aromatic carbocycles.